The standard InChI is InChI=1S/C30H34F3N5O6S/c1-19(2)22-6-4-21(5-7-22)17-35-27(39)26-18-37(29(42)36-24(12-13-34)16-20(3)28(40)41)14-15-38(26)45(43,44)25-10-8-23(9-11-25)30(31,32)33/h4-13,16,19,26H,3,14-15,17-18,34H2,1-2H3,(H,35,39)(H,36,42)(H,40,41)/b13-12-,24-16+/t26-/m1/s1. The van der Waals surface area contributed by atoms with Crippen LogP contribution in [0.4, 0.5) is 18.0 Å². The number of piperazine rings is 1. The number of amides is 3. The van der Waals surface area contributed by atoms with Crippen molar-refractivity contribution in [3.05, 3.63) is 101 Å². The van der Waals surface area contributed by atoms with Crippen LogP contribution in [0.15, 0.2) is 89.6 Å². The second-order valence-corrected chi connectivity index (χ2v) is 12.3. The lowest BCUT2D eigenvalue weighted by molar-refractivity contribution is -0.137. The molecule has 1 aliphatic heterocycles. The van der Waals surface area contributed by atoms with E-state index in [1.54, 1.807) is 0 Å². The number of carboxylic acids is 1. The van der Waals surface area contributed by atoms with Crippen LogP contribution in [0.5, 0.6) is 0 Å². The molecule has 0 radical (unpaired) electrons. The number of hydrogen-bond acceptors (Lipinski definition) is 6. The topological polar surface area (TPSA) is 162 Å². The normalized spacial score (nSPS) is 16.5. The number of halogens is 3. The number of carboxylic acid groups (broad SMARTS) is 1. The van der Waals surface area contributed by atoms with E-state index in [-0.39, 0.29) is 36.8 Å². The molecular formula is C30H34F3N5O6S. The first-order chi connectivity index (χ1) is 21.0. The van der Waals surface area contributed by atoms with Crippen molar-refractivity contribution in [2.45, 2.75) is 43.4 Å². The number of nitrogens with zero attached hydrogens (tertiary/aromatic N) is 2. The van der Waals surface area contributed by atoms with E-state index in [0.29, 0.717) is 12.1 Å². The van der Waals surface area contributed by atoms with E-state index in [0.717, 1.165) is 44.7 Å². The molecule has 1 saturated heterocycles. The number of benzene rings is 2. The van der Waals surface area contributed by atoms with Gasteiger partial charge in [-0.2, -0.15) is 17.5 Å². The molecule has 1 atom stereocenters. The van der Waals surface area contributed by atoms with Crippen LogP contribution in [0.25, 0.3) is 0 Å². The summed E-state index contributed by atoms with van der Waals surface area (Å²) in [4.78, 5) is 38.5. The number of hydrogen-bond donors (Lipinski definition) is 4. The Kier molecular flexibility index (Phi) is 11.2. The van der Waals surface area contributed by atoms with Crippen LogP contribution < -0.4 is 16.4 Å². The van der Waals surface area contributed by atoms with E-state index in [9.17, 15) is 36.0 Å². The third-order valence-electron chi connectivity index (χ3n) is 6.95. The molecule has 1 aliphatic rings. The summed E-state index contributed by atoms with van der Waals surface area (Å²) in [5, 5.41) is 14.3. The third-order valence-corrected chi connectivity index (χ3v) is 8.88. The first-order valence-corrected chi connectivity index (χ1v) is 15.1. The molecule has 45 heavy (non-hydrogen) atoms. The highest BCUT2D eigenvalue weighted by Gasteiger charge is 2.42. The van der Waals surface area contributed by atoms with Gasteiger partial charge in [0.05, 0.1) is 16.0 Å². The van der Waals surface area contributed by atoms with Crippen molar-refractivity contribution in [2.24, 2.45) is 5.73 Å². The van der Waals surface area contributed by atoms with Crippen LogP contribution in [0.1, 0.15) is 36.5 Å². The molecule has 0 spiro atoms. The SMILES string of the molecule is C=C(/C=C(\C=C/N)NC(=O)N1CCN(S(=O)(=O)c2ccc(C(F)(F)F)cc2)[C@@H](C(=O)NCc2ccc(C(C)C)cc2)C1)C(=O)O. The second kappa shape index (κ2) is 14.4. The summed E-state index contributed by atoms with van der Waals surface area (Å²) in [6.45, 7) is 6.47. The van der Waals surface area contributed by atoms with Crippen molar-refractivity contribution in [1.82, 2.24) is 19.8 Å². The fraction of sp³-hybridized carbons (Fsp3) is 0.300. The van der Waals surface area contributed by atoms with Gasteiger partial charge in [-0.05, 0) is 59.7 Å². The number of rotatable bonds is 10. The number of sulfonamides is 1. The van der Waals surface area contributed by atoms with Gasteiger partial charge in [0, 0.05) is 31.9 Å². The van der Waals surface area contributed by atoms with Crippen LogP contribution in [-0.2, 0) is 32.3 Å². The average molecular weight is 650 g/mol. The van der Waals surface area contributed by atoms with Gasteiger partial charge in [0.15, 0.2) is 0 Å². The van der Waals surface area contributed by atoms with Gasteiger partial charge in [-0.3, -0.25) is 4.79 Å². The van der Waals surface area contributed by atoms with Gasteiger partial charge in [-0.25, -0.2) is 18.0 Å². The van der Waals surface area contributed by atoms with E-state index < -0.39 is 57.2 Å². The molecule has 11 nitrogen and oxygen atoms in total. The summed E-state index contributed by atoms with van der Waals surface area (Å²) in [6.07, 6.45) is -1.35. The molecule has 15 heteroatoms. The Balaban J connectivity index is 1.89. The molecule has 0 unspecified atom stereocenters. The summed E-state index contributed by atoms with van der Waals surface area (Å²) in [7, 11) is -4.49. The number of alkyl halides is 3. The van der Waals surface area contributed by atoms with Gasteiger partial charge in [-0.1, -0.05) is 44.7 Å². The largest absolute Gasteiger partial charge is 0.478 e. The minimum Gasteiger partial charge on any atom is -0.478 e. The molecular weight excluding hydrogens is 615 g/mol. The van der Waals surface area contributed by atoms with Crippen molar-refractivity contribution in [3.63, 3.8) is 0 Å². The van der Waals surface area contributed by atoms with Gasteiger partial charge in [0.1, 0.15) is 6.04 Å². The first-order valence-electron chi connectivity index (χ1n) is 13.7. The van der Waals surface area contributed by atoms with Crippen LogP contribution in [0, 0.1) is 0 Å². The Bertz CT molecular complexity index is 1590. The van der Waals surface area contributed by atoms with Gasteiger partial charge in [0.2, 0.25) is 15.9 Å². The molecule has 0 aliphatic carbocycles. The molecule has 0 saturated carbocycles. The lowest BCUT2D eigenvalue weighted by Gasteiger charge is -2.39. The molecule has 0 aromatic heterocycles. The molecule has 3 rings (SSSR count). The lowest BCUT2D eigenvalue weighted by Crippen LogP contribution is -2.62. The summed E-state index contributed by atoms with van der Waals surface area (Å²) >= 11 is 0. The molecule has 1 fully saturated rings. The van der Waals surface area contributed by atoms with Crippen molar-refractivity contribution in [1.29, 1.82) is 0 Å². The molecule has 242 valence electrons. The molecule has 1 heterocycles. The fourth-order valence-corrected chi connectivity index (χ4v) is 5.98. The van der Waals surface area contributed by atoms with Gasteiger partial charge < -0.3 is 26.4 Å². The Morgan fingerprint density at radius 2 is 1.71 bits per heavy atom. The highest BCUT2D eigenvalue weighted by atomic mass is 32.2. The number of nitrogens with one attached hydrogen (secondary N) is 2. The zero-order valence-electron chi connectivity index (χ0n) is 24.5. The number of urea groups is 1. The number of nitrogens with two attached hydrogens (primary N) is 1. The number of carbonyl (C=O) groups is 3. The predicted molar refractivity (Wildman–Crippen MR) is 160 cm³/mol. The van der Waals surface area contributed by atoms with Gasteiger partial charge >= 0.3 is 18.2 Å². The summed E-state index contributed by atoms with van der Waals surface area (Å²) < 4.78 is 67.3. The quantitative estimate of drug-likeness (QED) is 0.226. The van der Waals surface area contributed by atoms with Crippen molar-refractivity contribution in [3.8, 4) is 0 Å². The van der Waals surface area contributed by atoms with Crippen molar-refractivity contribution >= 4 is 27.9 Å². The number of allylic oxidation sites excluding steroid dienone is 1. The van der Waals surface area contributed by atoms with E-state index in [1.165, 1.54) is 6.08 Å². The Morgan fingerprint density at radius 1 is 1.09 bits per heavy atom. The summed E-state index contributed by atoms with van der Waals surface area (Å²) in [6, 6.07) is 8.09. The monoisotopic (exact) mass is 649 g/mol. The Hall–Kier alpha value is -4.63. The molecule has 2 aromatic carbocycles. The maximum absolute atomic E-state index is 13.6. The van der Waals surface area contributed by atoms with Gasteiger partial charge in [0.25, 0.3) is 0 Å². The van der Waals surface area contributed by atoms with E-state index >= 15 is 0 Å². The van der Waals surface area contributed by atoms with Gasteiger partial charge in [-0.15, -0.1) is 0 Å². The minimum atomic E-state index is -4.68. The lowest BCUT2D eigenvalue weighted by atomic mass is 10.0. The Labute approximate surface area is 258 Å². The maximum atomic E-state index is 13.6. The van der Waals surface area contributed by atoms with Crippen LogP contribution in [0.2, 0.25) is 0 Å². The maximum Gasteiger partial charge on any atom is 0.416 e. The zero-order chi connectivity index (χ0) is 33.5. The molecule has 3 amide bonds. The number of aliphatic carboxylic acids is 1. The molecule has 5 N–H and O–H groups in total. The summed E-state index contributed by atoms with van der Waals surface area (Å²) in [5.41, 5.74) is 5.80. The third kappa shape index (κ3) is 8.95. The van der Waals surface area contributed by atoms with Crippen LogP contribution in [0.3, 0.4) is 0 Å². The highest BCUT2D eigenvalue weighted by Crippen LogP contribution is 2.31. The van der Waals surface area contributed by atoms with E-state index in [2.05, 4.69) is 17.2 Å². The highest BCUT2D eigenvalue weighted by molar-refractivity contribution is 7.89. The summed E-state index contributed by atoms with van der Waals surface area (Å²) in [5.74, 6) is -1.80. The van der Waals surface area contributed by atoms with Crippen LogP contribution in [-0.4, -0.2) is 66.3 Å². The van der Waals surface area contributed by atoms with Crippen molar-refractivity contribution in [2.75, 3.05) is 19.6 Å². The zero-order valence-corrected chi connectivity index (χ0v) is 25.4. The predicted octanol–water partition coefficient (Wildman–Crippen LogP) is 3.53. The Morgan fingerprint density at radius 3 is 2.24 bits per heavy atom. The first kappa shape index (κ1) is 34.9. The average Bonchev–Trinajstić information content (AvgIpc) is 2.99. The second-order valence-electron chi connectivity index (χ2n) is 10.4. The fourth-order valence-electron chi connectivity index (χ4n) is 4.41. The van der Waals surface area contributed by atoms with E-state index in [1.807, 2.05) is 38.1 Å². The smallest absolute Gasteiger partial charge is 0.416 e. The molecule has 0 bridgehead atoms. The number of carbonyl (C=O) groups excluding carboxylic acids is 2. The van der Waals surface area contributed by atoms with Crippen molar-refractivity contribution < 1.29 is 41.1 Å². The van der Waals surface area contributed by atoms with E-state index in [4.69, 9.17) is 10.8 Å². The molecule has 2 aromatic rings. The minimum absolute atomic E-state index is 0.0273. The van der Waals surface area contributed by atoms with Crippen LogP contribution >= 0.6 is 0 Å².